The van der Waals surface area contributed by atoms with Crippen LogP contribution in [-0.2, 0) is 4.74 Å². The van der Waals surface area contributed by atoms with Gasteiger partial charge >= 0.3 is 0 Å². The van der Waals surface area contributed by atoms with Crippen molar-refractivity contribution in [3.05, 3.63) is 22.4 Å². The third-order valence-electron chi connectivity index (χ3n) is 4.76. The molecule has 1 N–H and O–H groups in total. The van der Waals surface area contributed by atoms with Gasteiger partial charge in [-0.15, -0.1) is 0 Å². The van der Waals surface area contributed by atoms with Gasteiger partial charge in [-0.3, -0.25) is 0 Å². The molecule has 0 spiro atoms. The van der Waals surface area contributed by atoms with Crippen LogP contribution in [0.25, 0.3) is 0 Å². The summed E-state index contributed by atoms with van der Waals surface area (Å²) < 4.78 is 6.31. The second-order valence-corrected chi connectivity index (χ2v) is 6.84. The van der Waals surface area contributed by atoms with Crippen molar-refractivity contribution in [1.82, 2.24) is 0 Å². The summed E-state index contributed by atoms with van der Waals surface area (Å²) in [5, 5.41) is 14.5. The van der Waals surface area contributed by atoms with E-state index >= 15 is 0 Å². The van der Waals surface area contributed by atoms with Crippen LogP contribution in [0.4, 0.5) is 0 Å². The molecule has 1 aromatic rings. The third kappa shape index (κ3) is 1.46. The molecule has 3 rings (SSSR count). The first-order chi connectivity index (χ1) is 7.98. The molecule has 1 aromatic heterocycles. The molecule has 3 heterocycles. The molecule has 94 valence electrons. The molecular weight excluding hydrogens is 232 g/mol. The number of hydrogen-bond donors (Lipinski definition) is 1. The second-order valence-electron chi connectivity index (χ2n) is 6.06. The van der Waals surface area contributed by atoms with Crippen LogP contribution in [0.2, 0.25) is 0 Å². The minimum atomic E-state index is -0.336. The lowest BCUT2D eigenvalue weighted by molar-refractivity contribution is -0.0830. The number of hydrogen-bond acceptors (Lipinski definition) is 3. The maximum atomic E-state index is 10.2. The normalized spacial score (nSPS) is 44.8. The van der Waals surface area contributed by atoms with E-state index in [1.165, 1.54) is 5.56 Å². The van der Waals surface area contributed by atoms with Gasteiger partial charge in [-0.1, -0.05) is 13.8 Å². The predicted molar refractivity (Wildman–Crippen MR) is 69.4 cm³/mol. The van der Waals surface area contributed by atoms with Crippen molar-refractivity contribution < 1.29 is 9.84 Å². The van der Waals surface area contributed by atoms with Gasteiger partial charge in [0, 0.05) is 12.3 Å². The molecule has 0 saturated carbocycles. The fourth-order valence-electron chi connectivity index (χ4n) is 3.66. The fraction of sp³-hybridized carbons (Fsp3) is 0.714. The number of fused-ring (bicyclic) bond motifs is 2. The molecule has 0 aromatic carbocycles. The van der Waals surface area contributed by atoms with Gasteiger partial charge in [-0.2, -0.15) is 11.3 Å². The maximum Gasteiger partial charge on any atom is 0.0928 e. The van der Waals surface area contributed by atoms with E-state index in [2.05, 4.69) is 37.6 Å². The van der Waals surface area contributed by atoms with Crippen LogP contribution in [0, 0.1) is 5.92 Å². The molecule has 2 bridgehead atoms. The summed E-state index contributed by atoms with van der Waals surface area (Å²) >= 11 is 1.75. The van der Waals surface area contributed by atoms with E-state index < -0.39 is 0 Å². The highest BCUT2D eigenvalue weighted by molar-refractivity contribution is 7.08. The van der Waals surface area contributed by atoms with E-state index in [1.54, 1.807) is 11.3 Å². The molecule has 0 aliphatic carbocycles. The number of ether oxygens (including phenoxy) is 1. The predicted octanol–water partition coefficient (Wildman–Crippen LogP) is 3.17. The first-order valence-electron chi connectivity index (χ1n) is 6.38. The Kier molecular flexibility index (Phi) is 2.45. The van der Waals surface area contributed by atoms with Crippen molar-refractivity contribution in [2.75, 3.05) is 0 Å². The molecule has 2 nitrogen and oxygen atoms in total. The highest BCUT2D eigenvalue weighted by Gasteiger charge is 2.65. The Hall–Kier alpha value is -0.380. The van der Waals surface area contributed by atoms with Gasteiger partial charge in [0.1, 0.15) is 0 Å². The Morgan fingerprint density at radius 1 is 1.47 bits per heavy atom. The second kappa shape index (κ2) is 3.56. The van der Waals surface area contributed by atoms with Gasteiger partial charge in [0.2, 0.25) is 0 Å². The summed E-state index contributed by atoms with van der Waals surface area (Å²) in [5.41, 5.74) is 0.894. The van der Waals surface area contributed by atoms with Gasteiger partial charge < -0.3 is 9.84 Å². The minimum absolute atomic E-state index is 0.158. The van der Waals surface area contributed by atoms with Gasteiger partial charge in [0.25, 0.3) is 0 Å². The maximum absolute atomic E-state index is 10.2. The van der Waals surface area contributed by atoms with Crippen molar-refractivity contribution >= 4 is 11.3 Å². The average Bonchev–Trinajstić information content (AvgIpc) is 2.89. The van der Waals surface area contributed by atoms with Crippen molar-refractivity contribution in [1.29, 1.82) is 0 Å². The summed E-state index contributed by atoms with van der Waals surface area (Å²) in [7, 11) is 0. The van der Waals surface area contributed by atoms with Crippen LogP contribution in [0.1, 0.15) is 45.1 Å². The lowest BCUT2D eigenvalue weighted by atomic mass is 9.66. The molecule has 1 unspecified atom stereocenters. The molecule has 0 radical (unpaired) electrons. The summed E-state index contributed by atoms with van der Waals surface area (Å²) in [6.07, 6.45) is 1.42. The average molecular weight is 252 g/mol. The van der Waals surface area contributed by atoms with Gasteiger partial charge in [-0.05, 0) is 41.7 Å². The quantitative estimate of drug-likeness (QED) is 0.876. The number of rotatable bonds is 2. The SMILES string of the molecule is CC(C)[C@]12C[C@@H](O)[C@](C)(CC1c1ccsc1)O2. The minimum Gasteiger partial charge on any atom is -0.390 e. The Balaban J connectivity index is 2.02. The van der Waals surface area contributed by atoms with Crippen LogP contribution in [0.3, 0.4) is 0 Å². The molecule has 0 amide bonds. The lowest BCUT2D eigenvalue weighted by Gasteiger charge is -2.37. The Morgan fingerprint density at radius 2 is 2.24 bits per heavy atom. The van der Waals surface area contributed by atoms with Crippen LogP contribution in [0.5, 0.6) is 0 Å². The number of aliphatic hydroxyl groups excluding tert-OH is 1. The zero-order chi connectivity index (χ0) is 12.3. The highest BCUT2D eigenvalue weighted by Crippen LogP contribution is 2.60. The number of aliphatic hydroxyl groups is 1. The van der Waals surface area contributed by atoms with Crippen molar-refractivity contribution in [3.8, 4) is 0 Å². The summed E-state index contributed by atoms with van der Waals surface area (Å²) in [4.78, 5) is 0. The van der Waals surface area contributed by atoms with E-state index in [1.807, 2.05) is 0 Å². The molecule has 4 atom stereocenters. The Bertz CT molecular complexity index is 414. The first kappa shape index (κ1) is 11.7. The van der Waals surface area contributed by atoms with E-state index in [-0.39, 0.29) is 17.3 Å². The molecule has 2 fully saturated rings. The van der Waals surface area contributed by atoms with E-state index in [9.17, 15) is 5.11 Å². The van der Waals surface area contributed by atoms with Crippen LogP contribution in [-0.4, -0.2) is 22.4 Å². The summed E-state index contributed by atoms with van der Waals surface area (Å²) in [5.74, 6) is 0.883. The Labute approximate surface area is 107 Å². The molecule has 2 aliphatic rings. The molecule has 2 saturated heterocycles. The van der Waals surface area contributed by atoms with E-state index in [0.29, 0.717) is 11.8 Å². The summed E-state index contributed by atoms with van der Waals surface area (Å²) in [6, 6.07) is 2.21. The smallest absolute Gasteiger partial charge is 0.0928 e. The monoisotopic (exact) mass is 252 g/mol. The summed E-state index contributed by atoms with van der Waals surface area (Å²) in [6.45, 7) is 6.49. The van der Waals surface area contributed by atoms with Crippen molar-refractivity contribution in [3.63, 3.8) is 0 Å². The van der Waals surface area contributed by atoms with Crippen LogP contribution in [0.15, 0.2) is 16.8 Å². The van der Waals surface area contributed by atoms with Crippen LogP contribution < -0.4 is 0 Å². The van der Waals surface area contributed by atoms with Gasteiger partial charge in [0.15, 0.2) is 0 Å². The topological polar surface area (TPSA) is 29.5 Å². The Morgan fingerprint density at radius 3 is 2.76 bits per heavy atom. The van der Waals surface area contributed by atoms with Crippen LogP contribution >= 0.6 is 11.3 Å². The third-order valence-corrected chi connectivity index (χ3v) is 5.46. The first-order valence-corrected chi connectivity index (χ1v) is 7.32. The lowest BCUT2D eigenvalue weighted by Crippen LogP contribution is -2.41. The zero-order valence-electron chi connectivity index (χ0n) is 10.6. The van der Waals surface area contributed by atoms with Crippen molar-refractivity contribution in [2.45, 2.75) is 56.8 Å². The molecule has 17 heavy (non-hydrogen) atoms. The molecule has 2 aliphatic heterocycles. The van der Waals surface area contributed by atoms with Gasteiger partial charge in [0.05, 0.1) is 17.3 Å². The largest absolute Gasteiger partial charge is 0.390 e. The fourth-order valence-corrected chi connectivity index (χ4v) is 4.37. The molecule has 3 heteroatoms. The zero-order valence-corrected chi connectivity index (χ0v) is 11.5. The van der Waals surface area contributed by atoms with Gasteiger partial charge in [-0.25, -0.2) is 0 Å². The van der Waals surface area contributed by atoms with E-state index in [4.69, 9.17) is 4.74 Å². The van der Waals surface area contributed by atoms with Crippen molar-refractivity contribution in [2.24, 2.45) is 5.92 Å². The number of thiophene rings is 1. The highest BCUT2D eigenvalue weighted by atomic mass is 32.1. The standard InChI is InChI=1S/C14H20O2S/c1-9(2)14-7-12(15)13(3,16-14)6-11(14)10-4-5-17-8-10/h4-5,8-9,11-12,15H,6-7H2,1-3H3/t11?,12-,13+,14-/m1/s1. The van der Waals surface area contributed by atoms with E-state index in [0.717, 1.165) is 12.8 Å². The molecular formula is C14H20O2S.